The van der Waals surface area contributed by atoms with Crippen LogP contribution in [0.5, 0.6) is 0 Å². The van der Waals surface area contributed by atoms with E-state index in [1.165, 1.54) is 0 Å². The van der Waals surface area contributed by atoms with Gasteiger partial charge in [0, 0.05) is 18.7 Å². The van der Waals surface area contributed by atoms with Crippen molar-refractivity contribution in [3.63, 3.8) is 0 Å². The molecule has 20 heavy (non-hydrogen) atoms. The highest BCUT2D eigenvalue weighted by atomic mass is 16.4. The second-order valence-corrected chi connectivity index (χ2v) is 4.83. The number of unbranched alkanes of at least 4 members (excludes halogenated alkanes) is 3. The third-order valence-corrected chi connectivity index (χ3v) is 2.98. The highest BCUT2D eigenvalue weighted by Crippen LogP contribution is 2.06. The lowest BCUT2D eigenvalue weighted by atomic mass is 10.1. The second kappa shape index (κ2) is 8.96. The van der Waals surface area contributed by atoms with Gasteiger partial charge in [0.05, 0.1) is 6.42 Å². The highest BCUT2D eigenvalue weighted by molar-refractivity contribution is 5.78. The molecule has 1 amide bonds. The molecule has 0 aliphatic heterocycles. The molecule has 0 bridgehead atoms. The van der Waals surface area contributed by atoms with Crippen molar-refractivity contribution in [2.24, 2.45) is 0 Å². The molecule has 0 unspecified atom stereocenters. The average Bonchev–Trinajstić information content (AvgIpc) is 2.40. The van der Waals surface area contributed by atoms with Crippen molar-refractivity contribution in [1.29, 1.82) is 0 Å². The number of carbonyl (C=O) groups is 2. The van der Waals surface area contributed by atoms with Crippen molar-refractivity contribution in [2.75, 3.05) is 12.3 Å². The van der Waals surface area contributed by atoms with Crippen molar-refractivity contribution in [1.82, 2.24) is 5.32 Å². The minimum Gasteiger partial charge on any atom is -0.481 e. The summed E-state index contributed by atoms with van der Waals surface area (Å²) >= 11 is 0. The van der Waals surface area contributed by atoms with Crippen LogP contribution >= 0.6 is 0 Å². The van der Waals surface area contributed by atoms with Crippen LogP contribution in [0.4, 0.5) is 5.69 Å². The van der Waals surface area contributed by atoms with Gasteiger partial charge in [0.1, 0.15) is 0 Å². The molecule has 1 rings (SSSR count). The number of nitrogen functional groups attached to an aromatic ring is 1. The Kier molecular flexibility index (Phi) is 7.17. The summed E-state index contributed by atoms with van der Waals surface area (Å²) in [6.07, 6.45) is 4.00. The van der Waals surface area contributed by atoms with Gasteiger partial charge in [0.15, 0.2) is 0 Å². The van der Waals surface area contributed by atoms with Gasteiger partial charge in [-0.05, 0) is 30.5 Å². The molecule has 0 spiro atoms. The standard InChI is InChI=1S/C15H22N2O3/c16-13-8-6-12(7-9-13)11-14(18)17-10-4-2-1-3-5-15(19)20/h6-9H,1-5,10-11,16H2,(H,17,18)(H,19,20). The largest absolute Gasteiger partial charge is 0.481 e. The fraction of sp³-hybridized carbons (Fsp3) is 0.467. The van der Waals surface area contributed by atoms with Crippen molar-refractivity contribution < 1.29 is 14.7 Å². The van der Waals surface area contributed by atoms with Crippen LogP contribution in [0.15, 0.2) is 24.3 Å². The SMILES string of the molecule is Nc1ccc(CC(=O)NCCCCCCC(=O)O)cc1. The summed E-state index contributed by atoms with van der Waals surface area (Å²) in [6, 6.07) is 7.26. The highest BCUT2D eigenvalue weighted by Gasteiger charge is 2.02. The first-order valence-corrected chi connectivity index (χ1v) is 6.91. The lowest BCUT2D eigenvalue weighted by Gasteiger charge is -2.05. The van der Waals surface area contributed by atoms with Crippen LogP contribution in [0.1, 0.15) is 37.7 Å². The summed E-state index contributed by atoms with van der Waals surface area (Å²) < 4.78 is 0. The Balaban J connectivity index is 2.05. The number of nitrogens with two attached hydrogens (primary N) is 1. The number of benzene rings is 1. The predicted octanol–water partition coefficient (Wildman–Crippen LogP) is 1.96. The van der Waals surface area contributed by atoms with Gasteiger partial charge in [0.25, 0.3) is 0 Å². The lowest BCUT2D eigenvalue weighted by molar-refractivity contribution is -0.137. The molecule has 0 aliphatic rings. The minimum absolute atomic E-state index is 0.000285. The summed E-state index contributed by atoms with van der Waals surface area (Å²) in [7, 11) is 0. The zero-order valence-corrected chi connectivity index (χ0v) is 11.6. The third-order valence-electron chi connectivity index (χ3n) is 2.98. The van der Waals surface area contributed by atoms with Crippen LogP contribution in [0.2, 0.25) is 0 Å². The van der Waals surface area contributed by atoms with E-state index in [0.717, 1.165) is 24.8 Å². The number of aliphatic carboxylic acids is 1. The minimum atomic E-state index is -0.748. The molecule has 5 heteroatoms. The second-order valence-electron chi connectivity index (χ2n) is 4.83. The van der Waals surface area contributed by atoms with E-state index in [9.17, 15) is 9.59 Å². The Morgan fingerprint density at radius 2 is 1.70 bits per heavy atom. The Morgan fingerprint density at radius 1 is 1.05 bits per heavy atom. The van der Waals surface area contributed by atoms with Gasteiger partial charge in [-0.15, -0.1) is 0 Å². The van der Waals surface area contributed by atoms with Gasteiger partial charge < -0.3 is 16.2 Å². The average molecular weight is 278 g/mol. The predicted molar refractivity (Wildman–Crippen MR) is 78.3 cm³/mol. The van der Waals surface area contributed by atoms with Crippen LogP contribution in [-0.4, -0.2) is 23.5 Å². The first-order chi connectivity index (χ1) is 9.58. The summed E-state index contributed by atoms with van der Waals surface area (Å²) in [5.74, 6) is -0.748. The molecule has 0 atom stereocenters. The normalized spacial score (nSPS) is 10.2. The molecule has 0 aromatic heterocycles. The molecule has 0 radical (unpaired) electrons. The number of anilines is 1. The van der Waals surface area contributed by atoms with E-state index < -0.39 is 5.97 Å². The number of carboxylic acids is 1. The number of nitrogens with one attached hydrogen (secondary N) is 1. The molecule has 1 aromatic carbocycles. The van der Waals surface area contributed by atoms with Gasteiger partial charge in [-0.3, -0.25) is 9.59 Å². The first kappa shape index (κ1) is 16.0. The number of carboxylic acid groups (broad SMARTS) is 1. The maximum Gasteiger partial charge on any atom is 0.303 e. The third kappa shape index (κ3) is 7.41. The number of hydrogen-bond donors (Lipinski definition) is 3. The molecular formula is C15H22N2O3. The van der Waals surface area contributed by atoms with E-state index in [4.69, 9.17) is 10.8 Å². The van der Waals surface area contributed by atoms with Crippen molar-refractivity contribution in [2.45, 2.75) is 38.5 Å². The summed E-state index contributed by atoms with van der Waals surface area (Å²) in [4.78, 5) is 22.0. The molecule has 110 valence electrons. The monoisotopic (exact) mass is 278 g/mol. The van der Waals surface area contributed by atoms with Crippen molar-refractivity contribution in [3.8, 4) is 0 Å². The summed E-state index contributed by atoms with van der Waals surface area (Å²) in [6.45, 7) is 0.640. The fourth-order valence-corrected chi connectivity index (χ4v) is 1.87. The molecule has 0 fully saturated rings. The zero-order chi connectivity index (χ0) is 14.8. The number of carbonyl (C=O) groups excluding carboxylic acids is 1. The van der Waals surface area contributed by atoms with E-state index in [0.29, 0.717) is 25.1 Å². The molecule has 0 heterocycles. The molecule has 5 nitrogen and oxygen atoms in total. The van der Waals surface area contributed by atoms with Crippen LogP contribution in [0, 0.1) is 0 Å². The number of rotatable bonds is 9. The van der Waals surface area contributed by atoms with Gasteiger partial charge in [-0.2, -0.15) is 0 Å². The van der Waals surface area contributed by atoms with E-state index in [1.54, 1.807) is 12.1 Å². The maximum atomic E-state index is 11.7. The summed E-state index contributed by atoms with van der Waals surface area (Å²) in [5.41, 5.74) is 7.21. The Labute approximate surface area is 119 Å². The maximum absolute atomic E-state index is 11.7. The molecule has 0 aliphatic carbocycles. The number of hydrogen-bond acceptors (Lipinski definition) is 3. The smallest absolute Gasteiger partial charge is 0.303 e. The molecule has 1 aromatic rings. The van der Waals surface area contributed by atoms with E-state index >= 15 is 0 Å². The van der Waals surface area contributed by atoms with Crippen LogP contribution in [-0.2, 0) is 16.0 Å². The molecular weight excluding hydrogens is 256 g/mol. The van der Waals surface area contributed by atoms with Crippen LogP contribution in [0.3, 0.4) is 0 Å². The fourth-order valence-electron chi connectivity index (χ4n) is 1.87. The van der Waals surface area contributed by atoms with Crippen LogP contribution < -0.4 is 11.1 Å². The van der Waals surface area contributed by atoms with Gasteiger partial charge in [-0.25, -0.2) is 0 Å². The lowest BCUT2D eigenvalue weighted by Crippen LogP contribution is -2.26. The zero-order valence-electron chi connectivity index (χ0n) is 11.6. The van der Waals surface area contributed by atoms with Crippen molar-refractivity contribution >= 4 is 17.6 Å². The quantitative estimate of drug-likeness (QED) is 0.475. The van der Waals surface area contributed by atoms with E-state index in [2.05, 4.69) is 5.32 Å². The van der Waals surface area contributed by atoms with Gasteiger partial charge >= 0.3 is 5.97 Å². The topological polar surface area (TPSA) is 92.4 Å². The molecule has 4 N–H and O–H groups in total. The Bertz CT molecular complexity index is 429. The van der Waals surface area contributed by atoms with Crippen molar-refractivity contribution in [3.05, 3.63) is 29.8 Å². The van der Waals surface area contributed by atoms with Gasteiger partial charge in [0.2, 0.25) is 5.91 Å². The van der Waals surface area contributed by atoms with Crippen LogP contribution in [0.25, 0.3) is 0 Å². The Hall–Kier alpha value is -2.04. The van der Waals surface area contributed by atoms with E-state index in [-0.39, 0.29) is 12.3 Å². The molecule has 0 saturated carbocycles. The first-order valence-electron chi connectivity index (χ1n) is 6.91. The van der Waals surface area contributed by atoms with E-state index in [1.807, 2.05) is 12.1 Å². The van der Waals surface area contributed by atoms with Gasteiger partial charge in [-0.1, -0.05) is 25.0 Å². The molecule has 0 saturated heterocycles. The Morgan fingerprint density at radius 3 is 2.35 bits per heavy atom. The summed E-state index contributed by atoms with van der Waals surface area (Å²) in [5, 5.41) is 11.3. The number of amides is 1.